The lowest BCUT2D eigenvalue weighted by Crippen LogP contribution is -2.65. The monoisotopic (exact) mass is 1720 g/mol. The van der Waals surface area contributed by atoms with Crippen LogP contribution in [-0.4, -0.2) is 219 Å². The smallest absolute Gasteiger partial charge is 0.246 e. The Balaban J connectivity index is 1.56. The van der Waals surface area contributed by atoms with Crippen LogP contribution >= 0.6 is 25.3 Å². The second-order valence-electron chi connectivity index (χ2n) is 30.9. The van der Waals surface area contributed by atoms with Gasteiger partial charge in [-0.25, -0.2) is 0 Å². The Hall–Kier alpha value is -11.9. The largest absolute Gasteiger partial charge is 0.497 e. The zero-order chi connectivity index (χ0) is 90.2. The zero-order valence-corrected chi connectivity index (χ0v) is 71.0. The van der Waals surface area contributed by atoms with E-state index < -0.39 is 215 Å². The number of carbonyl (C=O) groups is 17. The molecule has 0 radical (unpaired) electrons. The molecule has 5 rings (SSSR count). The van der Waals surface area contributed by atoms with Crippen molar-refractivity contribution in [2.75, 3.05) is 26.7 Å². The number of aliphatic hydroxyl groups excluding tert-OH is 1. The number of nitrogens with one attached hydrogen (secondary N) is 14. The quantitative estimate of drug-likeness (QED) is 0.0140. The summed E-state index contributed by atoms with van der Waals surface area (Å²) in [7, 11) is 1.42. The number of para-hydroxylation sites is 1. The highest BCUT2D eigenvalue weighted by atomic mass is 32.1. The topological polar surface area (TPSA) is 622 Å². The van der Waals surface area contributed by atoms with E-state index in [1.54, 1.807) is 79.0 Å². The molecular weight excluding hydrogens is 1610 g/mol. The summed E-state index contributed by atoms with van der Waals surface area (Å²) in [5.41, 5.74) is 27.7. The fourth-order valence-electron chi connectivity index (χ4n) is 12.9. The number of thiol groups is 2. The number of aromatic amines is 1. The fraction of sp³-hybridized carbons (Fsp3) is 0.494. The van der Waals surface area contributed by atoms with Gasteiger partial charge in [0, 0.05) is 79.1 Å². The van der Waals surface area contributed by atoms with E-state index in [2.05, 4.69) is 86.7 Å². The average Bonchev–Trinajstić information content (AvgIpc) is 1.79. The van der Waals surface area contributed by atoms with Gasteiger partial charge in [0.15, 0.2) is 0 Å². The molecule has 0 unspecified atom stereocenters. The molecule has 17 amide bonds. The molecule has 660 valence electrons. The second-order valence-corrected chi connectivity index (χ2v) is 33.2. The normalized spacial score (nSPS) is 14.6. The van der Waals surface area contributed by atoms with Crippen LogP contribution in [-0.2, 0) is 101 Å². The number of unbranched alkanes of at least 4 members (excludes halogenated alkanes) is 2. The van der Waals surface area contributed by atoms with E-state index in [1.807, 2.05) is 18.2 Å². The van der Waals surface area contributed by atoms with E-state index in [4.69, 9.17) is 46.0 Å². The molecule has 4 aromatic carbocycles. The van der Waals surface area contributed by atoms with Crippen LogP contribution in [0.3, 0.4) is 0 Å². The standard InChI is InChI=1S/C81H115N19O19S2/c1-43(101)65(98-70(110)55(29-31-61(83)104)92-76(116)66(79(4,5)120)90-45(3)103)75(115)95-59(39-50-41-88-53-21-13-12-20-52(50)53)73(113)91-56(30-32-62(84)105)71(111)99-67(80(6,7)121)77(117)96-57(37-46-24-27-51(119-9)28-25-46)72(112)93-58(38-47-23-26-48-18-10-11-19-49(48)36-47)74(114)100-81(8,33-15-16-34-82)78(118)97-54(22-14-17-35-87-44(2)102)69(109)94-60(40-63(85)106)68(108)89-42-64(86)107/h10-13,18-21,23-28,36,41,43,54-60,65-67,88,101,120-121H,14-17,22,29-35,37-40,42,82H2,1-9H3,(H2,83,104)(H2,84,105)(H2,85,106)(H2,86,107)(H,87,102)(H,89,108)(H,90,103)(H,91,113)(H,92,116)(H,93,112)(H,94,109)(H,95,115)(H,96,117)(H,97,118)(H,98,110)(H,99,111)(H,100,114)/t43-,54+,55+,56+,57+,58+,59+,60+,65+,66-,67-,81+/m1/s1. The first-order chi connectivity index (χ1) is 56.8. The maximum atomic E-state index is 15.6. The molecule has 0 aliphatic rings. The van der Waals surface area contributed by atoms with Crippen LogP contribution in [0.1, 0.15) is 143 Å². The number of fused-ring (bicyclic) bond motifs is 2. The minimum atomic E-state index is -1.98. The van der Waals surface area contributed by atoms with E-state index in [1.165, 1.54) is 48.7 Å². The van der Waals surface area contributed by atoms with E-state index >= 15 is 28.8 Å². The number of H-pyrrole nitrogens is 1. The van der Waals surface area contributed by atoms with Crippen LogP contribution < -0.4 is 103 Å². The maximum Gasteiger partial charge on any atom is 0.246 e. The lowest BCUT2D eigenvalue weighted by atomic mass is 9.91. The Morgan fingerprint density at radius 3 is 1.53 bits per heavy atom. The molecule has 40 heteroatoms. The number of hydrogen-bond acceptors (Lipinski definition) is 22. The number of aliphatic hydroxyl groups is 1. The summed E-state index contributed by atoms with van der Waals surface area (Å²) in [6.45, 7) is 10.4. The fourth-order valence-corrected chi connectivity index (χ4v) is 13.3. The molecule has 0 bridgehead atoms. The van der Waals surface area contributed by atoms with E-state index in [0.717, 1.165) is 24.6 Å². The molecule has 38 nitrogen and oxygen atoms in total. The Labute approximate surface area is 711 Å². The van der Waals surface area contributed by atoms with E-state index in [9.17, 15) is 57.8 Å². The van der Waals surface area contributed by atoms with Crippen molar-refractivity contribution in [3.05, 3.63) is 114 Å². The first-order valence-corrected chi connectivity index (χ1v) is 40.2. The summed E-state index contributed by atoms with van der Waals surface area (Å²) >= 11 is 9.19. The number of rotatable bonds is 51. The third-order valence-corrected chi connectivity index (χ3v) is 20.0. The van der Waals surface area contributed by atoms with Gasteiger partial charge in [-0.05, 0) is 145 Å². The first kappa shape index (κ1) is 99.7. The Morgan fingerprint density at radius 1 is 0.471 bits per heavy atom. The van der Waals surface area contributed by atoms with Crippen LogP contribution in [0.2, 0.25) is 0 Å². The Bertz CT molecular complexity index is 4530. The number of hydrogen-bond donors (Lipinski definition) is 22. The maximum absolute atomic E-state index is 15.6. The van der Waals surface area contributed by atoms with E-state index in [-0.39, 0.29) is 70.4 Å². The zero-order valence-electron chi connectivity index (χ0n) is 69.2. The number of carbonyl (C=O) groups excluding carboxylic acids is 17. The summed E-state index contributed by atoms with van der Waals surface area (Å²) in [5.74, 6) is -15.9. The number of nitrogens with two attached hydrogens (primary N) is 5. The van der Waals surface area contributed by atoms with Gasteiger partial charge in [-0.1, -0.05) is 72.8 Å². The van der Waals surface area contributed by atoms with Crippen molar-refractivity contribution in [3.63, 3.8) is 0 Å². The van der Waals surface area contributed by atoms with Gasteiger partial charge in [0.25, 0.3) is 0 Å². The van der Waals surface area contributed by atoms with Crippen molar-refractivity contribution in [3.8, 4) is 5.75 Å². The molecule has 0 saturated carbocycles. The first-order valence-electron chi connectivity index (χ1n) is 39.3. The Morgan fingerprint density at radius 2 is 0.967 bits per heavy atom. The van der Waals surface area contributed by atoms with Crippen LogP contribution in [0.5, 0.6) is 5.75 Å². The van der Waals surface area contributed by atoms with Crippen molar-refractivity contribution in [1.29, 1.82) is 0 Å². The van der Waals surface area contributed by atoms with Gasteiger partial charge in [-0.15, -0.1) is 0 Å². The van der Waals surface area contributed by atoms with Crippen LogP contribution in [0.25, 0.3) is 21.7 Å². The predicted molar refractivity (Wildman–Crippen MR) is 454 cm³/mol. The summed E-state index contributed by atoms with van der Waals surface area (Å²) < 4.78 is 2.58. The average molecular weight is 1720 g/mol. The molecule has 0 aliphatic heterocycles. The predicted octanol–water partition coefficient (Wildman–Crippen LogP) is -2.66. The molecular formula is C81H115N19O19S2. The number of benzene rings is 4. The number of primary amides is 4. The van der Waals surface area contributed by atoms with Gasteiger partial charge in [0.2, 0.25) is 100 Å². The van der Waals surface area contributed by atoms with Gasteiger partial charge in [-0.2, -0.15) is 25.3 Å². The van der Waals surface area contributed by atoms with Gasteiger partial charge in [0.05, 0.1) is 26.2 Å². The summed E-state index contributed by atoms with van der Waals surface area (Å²) in [5, 5.41) is 46.7. The Kier molecular flexibility index (Phi) is 38.9. The van der Waals surface area contributed by atoms with Crippen LogP contribution in [0.15, 0.2) is 97.2 Å². The third-order valence-electron chi connectivity index (χ3n) is 19.5. The highest BCUT2D eigenvalue weighted by molar-refractivity contribution is 7.82. The van der Waals surface area contributed by atoms with Crippen LogP contribution in [0.4, 0.5) is 0 Å². The van der Waals surface area contributed by atoms with Gasteiger partial charge >= 0.3 is 0 Å². The molecule has 0 aliphatic carbocycles. The van der Waals surface area contributed by atoms with Crippen molar-refractivity contribution < 1.29 is 91.4 Å². The third kappa shape index (κ3) is 33.0. The minimum absolute atomic E-state index is 0.138. The summed E-state index contributed by atoms with van der Waals surface area (Å²) in [6, 6.07) is 9.03. The minimum Gasteiger partial charge on any atom is -0.497 e. The van der Waals surface area contributed by atoms with Crippen LogP contribution in [0, 0.1) is 0 Å². The molecule has 0 fully saturated rings. The second kappa shape index (κ2) is 47.2. The molecule has 0 saturated heterocycles. The van der Waals surface area contributed by atoms with E-state index in [0.29, 0.717) is 39.8 Å². The molecule has 121 heavy (non-hydrogen) atoms. The molecule has 5 aromatic rings. The highest BCUT2D eigenvalue weighted by Crippen LogP contribution is 2.25. The number of ether oxygens (including phenoxy) is 1. The SMILES string of the molecule is COc1ccc(C[C@H](NC(=O)[C@@H](NC(=O)[C@H](CCC(N)=O)NC(=O)[C@H](Cc2c[nH]c3ccccc23)NC(=O)[C@@H](NC(=O)[C@H](CCC(N)=O)NC(=O)[C@@H](NC(C)=O)C(C)(C)S)[C@@H](C)O)C(C)(C)S)C(=O)N[C@@H](Cc2ccc3ccccc3c2)C(=O)N[C@@](C)(CCCCN)C(=O)N[C@@H](CCCCNC(C)=O)C(=O)N[C@@H](CC(N)=O)C(=O)NCC(N)=O)cc1. The molecule has 25 N–H and O–H groups in total. The lowest BCUT2D eigenvalue weighted by Gasteiger charge is -2.34. The lowest BCUT2D eigenvalue weighted by molar-refractivity contribution is -0.138. The molecule has 1 heterocycles. The number of amides is 17. The molecule has 12 atom stereocenters. The molecule has 0 spiro atoms. The van der Waals surface area contributed by atoms with Gasteiger partial charge < -0.3 is 113 Å². The molecule has 1 aromatic heterocycles. The van der Waals surface area contributed by atoms with Crippen molar-refractivity contribution in [2.24, 2.45) is 28.7 Å². The van der Waals surface area contributed by atoms with Crippen molar-refractivity contribution >= 4 is 147 Å². The number of aromatic nitrogens is 1. The van der Waals surface area contributed by atoms with Crippen molar-refractivity contribution in [2.45, 2.75) is 227 Å². The summed E-state index contributed by atoms with van der Waals surface area (Å²) in [4.78, 5) is 238. The van der Waals surface area contributed by atoms with Gasteiger partial charge in [0.1, 0.15) is 71.7 Å². The summed E-state index contributed by atoms with van der Waals surface area (Å²) in [6.07, 6.45) is -3.31. The number of methoxy groups -OCH3 is 1. The highest BCUT2D eigenvalue weighted by Gasteiger charge is 2.44. The van der Waals surface area contributed by atoms with Crippen molar-refractivity contribution in [1.82, 2.24) is 74.1 Å². The van der Waals surface area contributed by atoms with Gasteiger partial charge in [-0.3, -0.25) is 81.5 Å².